The molecule has 0 N–H and O–H groups in total. The van der Waals surface area contributed by atoms with Crippen molar-refractivity contribution in [3.05, 3.63) is 59.7 Å². The van der Waals surface area contributed by atoms with Crippen molar-refractivity contribution in [3.63, 3.8) is 0 Å². The number of hydrogen-bond donors (Lipinski definition) is 0. The molecule has 0 amide bonds. The first kappa shape index (κ1) is 19.6. The number of aromatic nitrogens is 2. The van der Waals surface area contributed by atoms with Gasteiger partial charge in [-0.15, -0.1) is 0 Å². The van der Waals surface area contributed by atoms with Gasteiger partial charge < -0.3 is 14.5 Å². The van der Waals surface area contributed by atoms with Crippen molar-refractivity contribution in [2.75, 3.05) is 42.6 Å². The van der Waals surface area contributed by atoms with E-state index < -0.39 is 11.8 Å². The topological polar surface area (TPSA) is 82.3 Å². The molecule has 1 aliphatic rings. The van der Waals surface area contributed by atoms with E-state index >= 15 is 0 Å². The standard InChI is InChI=1S/C22H20FN5O2/c1-2-30-22(29)18-14-26-19-6-5-16(23)12-17(19)20(18)27-8-10-28(11-9-27)21-15(13-24)4-3-7-25-21/h3-7,12,14H,2,8-11H2,1H3. The summed E-state index contributed by atoms with van der Waals surface area (Å²) >= 11 is 0. The average molecular weight is 405 g/mol. The zero-order chi connectivity index (χ0) is 21.1. The van der Waals surface area contributed by atoms with Gasteiger partial charge in [-0.05, 0) is 37.3 Å². The molecule has 4 rings (SSSR count). The summed E-state index contributed by atoms with van der Waals surface area (Å²) in [6, 6.07) is 10.0. The van der Waals surface area contributed by atoms with E-state index in [1.165, 1.54) is 18.3 Å². The van der Waals surface area contributed by atoms with Crippen LogP contribution in [0.4, 0.5) is 15.9 Å². The number of fused-ring (bicyclic) bond motifs is 1. The molecule has 0 aliphatic carbocycles. The lowest BCUT2D eigenvalue weighted by Crippen LogP contribution is -2.47. The molecule has 7 nitrogen and oxygen atoms in total. The number of piperazine rings is 1. The van der Waals surface area contributed by atoms with Gasteiger partial charge in [-0.25, -0.2) is 14.2 Å². The summed E-state index contributed by atoms with van der Waals surface area (Å²) in [5.74, 6) is -0.224. The monoisotopic (exact) mass is 405 g/mol. The fourth-order valence-corrected chi connectivity index (χ4v) is 3.73. The molecule has 0 radical (unpaired) electrons. The molecule has 1 fully saturated rings. The van der Waals surface area contributed by atoms with Gasteiger partial charge in [0.05, 0.1) is 23.4 Å². The van der Waals surface area contributed by atoms with Gasteiger partial charge in [0.25, 0.3) is 0 Å². The molecule has 0 bridgehead atoms. The molecule has 1 aromatic carbocycles. The van der Waals surface area contributed by atoms with Gasteiger partial charge in [-0.1, -0.05) is 0 Å². The molecule has 152 valence electrons. The number of carbonyl (C=O) groups is 1. The summed E-state index contributed by atoms with van der Waals surface area (Å²) in [5, 5.41) is 9.92. The Labute approximate surface area is 173 Å². The first-order valence-corrected chi connectivity index (χ1v) is 9.72. The van der Waals surface area contributed by atoms with E-state index in [2.05, 4.69) is 16.0 Å². The second-order valence-corrected chi connectivity index (χ2v) is 6.86. The zero-order valence-corrected chi connectivity index (χ0v) is 16.5. The Bertz CT molecular complexity index is 1140. The van der Waals surface area contributed by atoms with Crippen LogP contribution in [0.25, 0.3) is 10.9 Å². The van der Waals surface area contributed by atoms with Crippen LogP contribution in [0.1, 0.15) is 22.8 Å². The molecule has 30 heavy (non-hydrogen) atoms. The summed E-state index contributed by atoms with van der Waals surface area (Å²) in [6.07, 6.45) is 3.16. The highest BCUT2D eigenvalue weighted by Gasteiger charge is 2.26. The van der Waals surface area contributed by atoms with Crippen LogP contribution in [0.3, 0.4) is 0 Å². The lowest BCUT2D eigenvalue weighted by Gasteiger charge is -2.38. The van der Waals surface area contributed by atoms with Crippen LogP contribution in [0.2, 0.25) is 0 Å². The minimum Gasteiger partial charge on any atom is -0.462 e. The maximum absolute atomic E-state index is 14.0. The molecule has 1 aliphatic heterocycles. The second-order valence-electron chi connectivity index (χ2n) is 6.86. The van der Waals surface area contributed by atoms with Crippen molar-refractivity contribution >= 4 is 28.4 Å². The van der Waals surface area contributed by atoms with Crippen molar-refractivity contribution in [3.8, 4) is 6.07 Å². The Morgan fingerprint density at radius 1 is 1.20 bits per heavy atom. The summed E-state index contributed by atoms with van der Waals surface area (Å²) in [5.41, 5.74) is 2.08. The molecule has 3 heterocycles. The van der Waals surface area contributed by atoms with Crippen LogP contribution >= 0.6 is 0 Å². The zero-order valence-electron chi connectivity index (χ0n) is 16.5. The number of anilines is 2. The molecule has 3 aromatic rings. The number of carbonyl (C=O) groups excluding carboxylic acids is 1. The van der Waals surface area contributed by atoms with Crippen molar-refractivity contribution in [2.45, 2.75) is 6.92 Å². The van der Waals surface area contributed by atoms with E-state index in [0.29, 0.717) is 59.7 Å². The van der Waals surface area contributed by atoms with E-state index in [-0.39, 0.29) is 6.61 Å². The molecular weight excluding hydrogens is 385 g/mol. The molecule has 0 unspecified atom stereocenters. The molecular formula is C22H20FN5O2. The van der Waals surface area contributed by atoms with Crippen molar-refractivity contribution < 1.29 is 13.9 Å². The van der Waals surface area contributed by atoms with Crippen LogP contribution in [-0.4, -0.2) is 48.7 Å². The SMILES string of the molecule is CCOC(=O)c1cnc2ccc(F)cc2c1N1CCN(c2ncccc2C#N)CC1. The number of benzene rings is 1. The predicted molar refractivity (Wildman–Crippen MR) is 111 cm³/mol. The smallest absolute Gasteiger partial charge is 0.341 e. The van der Waals surface area contributed by atoms with Gasteiger partial charge in [-0.2, -0.15) is 5.26 Å². The summed E-state index contributed by atoms with van der Waals surface area (Å²) in [4.78, 5) is 25.3. The third-order valence-electron chi connectivity index (χ3n) is 5.10. The van der Waals surface area contributed by atoms with Gasteiger partial charge in [0.15, 0.2) is 0 Å². The van der Waals surface area contributed by atoms with Gasteiger partial charge in [0.2, 0.25) is 0 Å². The van der Waals surface area contributed by atoms with Gasteiger partial charge in [-0.3, -0.25) is 4.98 Å². The first-order valence-electron chi connectivity index (χ1n) is 9.72. The molecule has 0 atom stereocenters. The van der Waals surface area contributed by atoms with Gasteiger partial charge in [0.1, 0.15) is 23.3 Å². The maximum atomic E-state index is 14.0. The van der Waals surface area contributed by atoms with Crippen LogP contribution in [0.15, 0.2) is 42.7 Å². The number of nitrogens with zero attached hydrogens (tertiary/aromatic N) is 5. The number of nitriles is 1. The van der Waals surface area contributed by atoms with Crippen LogP contribution < -0.4 is 9.80 Å². The highest BCUT2D eigenvalue weighted by molar-refractivity contribution is 6.05. The lowest BCUT2D eigenvalue weighted by atomic mass is 10.1. The van der Waals surface area contributed by atoms with Crippen molar-refractivity contribution in [1.82, 2.24) is 9.97 Å². The van der Waals surface area contributed by atoms with Crippen LogP contribution in [-0.2, 0) is 4.74 Å². The minimum atomic E-state index is -0.481. The Hall–Kier alpha value is -3.73. The maximum Gasteiger partial charge on any atom is 0.341 e. The predicted octanol–water partition coefficient (Wildman–Crippen LogP) is 3.14. The second kappa shape index (κ2) is 8.33. The van der Waals surface area contributed by atoms with Crippen LogP contribution in [0, 0.1) is 17.1 Å². The fraction of sp³-hybridized carbons (Fsp3) is 0.273. The van der Waals surface area contributed by atoms with Crippen LogP contribution in [0.5, 0.6) is 0 Å². The molecule has 2 aromatic heterocycles. The normalized spacial score (nSPS) is 13.9. The average Bonchev–Trinajstić information content (AvgIpc) is 2.78. The first-order chi connectivity index (χ1) is 14.6. The molecule has 0 saturated carbocycles. The van der Waals surface area contributed by atoms with Gasteiger partial charge in [0, 0.05) is 44.0 Å². The Morgan fingerprint density at radius 3 is 2.70 bits per heavy atom. The third kappa shape index (κ3) is 3.62. The Kier molecular flexibility index (Phi) is 5.44. The number of halogens is 1. The quantitative estimate of drug-likeness (QED) is 0.617. The summed E-state index contributed by atoms with van der Waals surface area (Å²) in [7, 11) is 0. The van der Waals surface area contributed by atoms with E-state index in [0.717, 1.165) is 0 Å². The Morgan fingerprint density at radius 2 is 1.97 bits per heavy atom. The van der Waals surface area contributed by atoms with E-state index in [9.17, 15) is 14.4 Å². The lowest BCUT2D eigenvalue weighted by molar-refractivity contribution is 0.0526. The number of esters is 1. The van der Waals surface area contributed by atoms with Gasteiger partial charge >= 0.3 is 5.97 Å². The summed E-state index contributed by atoms with van der Waals surface area (Å²) in [6.45, 7) is 4.33. The largest absolute Gasteiger partial charge is 0.462 e. The number of pyridine rings is 2. The fourth-order valence-electron chi connectivity index (χ4n) is 3.73. The Balaban J connectivity index is 1.69. The van der Waals surface area contributed by atoms with E-state index in [1.54, 1.807) is 31.3 Å². The highest BCUT2D eigenvalue weighted by atomic mass is 19.1. The molecule has 1 saturated heterocycles. The number of ether oxygens (including phenoxy) is 1. The minimum absolute atomic E-state index is 0.240. The molecule has 0 spiro atoms. The van der Waals surface area contributed by atoms with E-state index in [1.807, 2.05) is 9.80 Å². The van der Waals surface area contributed by atoms with Crippen molar-refractivity contribution in [2.24, 2.45) is 0 Å². The van der Waals surface area contributed by atoms with Crippen molar-refractivity contribution in [1.29, 1.82) is 5.26 Å². The molecule has 8 heteroatoms. The highest BCUT2D eigenvalue weighted by Crippen LogP contribution is 2.32. The number of hydrogen-bond acceptors (Lipinski definition) is 7. The van der Waals surface area contributed by atoms with E-state index in [4.69, 9.17) is 4.74 Å². The third-order valence-corrected chi connectivity index (χ3v) is 5.10. The number of rotatable bonds is 4. The summed E-state index contributed by atoms with van der Waals surface area (Å²) < 4.78 is 19.2.